The molecule has 5 heterocycles. The van der Waals surface area contributed by atoms with E-state index in [0.29, 0.717) is 25.3 Å². The van der Waals surface area contributed by atoms with Crippen LogP contribution >= 0.6 is 22.7 Å². The van der Waals surface area contributed by atoms with E-state index < -0.39 is 36.5 Å². The van der Waals surface area contributed by atoms with Gasteiger partial charge < -0.3 is 40.4 Å². The number of likely N-dealkylation sites (tertiary alicyclic amines) is 2. The minimum absolute atomic E-state index is 0.0857. The van der Waals surface area contributed by atoms with Crippen molar-refractivity contribution < 1.29 is 33.8 Å². The number of benzene rings is 1. The smallest absolute Gasteiger partial charge is 0.407 e. The molecule has 14 nitrogen and oxygen atoms in total. The first-order chi connectivity index (χ1) is 25.9. The number of aromatic nitrogens is 2. The molecule has 2 saturated heterocycles. The highest BCUT2D eigenvalue weighted by Crippen LogP contribution is 2.43. The van der Waals surface area contributed by atoms with Gasteiger partial charge in [-0.05, 0) is 48.6 Å². The summed E-state index contributed by atoms with van der Waals surface area (Å²) in [5, 5.41) is 23.8. The van der Waals surface area contributed by atoms with E-state index in [9.17, 15) is 24.3 Å². The maximum Gasteiger partial charge on any atom is 0.407 e. The molecule has 0 saturated carbocycles. The van der Waals surface area contributed by atoms with Crippen LogP contribution in [0.25, 0.3) is 31.8 Å². The highest BCUT2D eigenvalue weighted by Gasteiger charge is 2.40. The van der Waals surface area contributed by atoms with E-state index in [2.05, 4.69) is 43.4 Å². The molecule has 290 valence electrons. The van der Waals surface area contributed by atoms with Crippen LogP contribution in [0.15, 0.2) is 41.2 Å². The van der Waals surface area contributed by atoms with Gasteiger partial charge in [-0.15, -0.1) is 22.7 Å². The third-order valence-corrected chi connectivity index (χ3v) is 12.5. The highest BCUT2D eigenvalue weighted by molar-refractivity contribution is 7.28. The second-order valence-electron chi connectivity index (χ2n) is 14.5. The number of aliphatic hydroxyl groups excluding tert-OH is 1. The normalized spacial score (nSPS) is 19.2. The molecule has 2 fully saturated rings. The van der Waals surface area contributed by atoms with Gasteiger partial charge in [0.1, 0.15) is 18.1 Å². The molecule has 54 heavy (non-hydrogen) atoms. The number of aromatic amines is 1. The highest BCUT2D eigenvalue weighted by atomic mass is 32.1. The number of carbonyl (C=O) groups excluding carboxylic acids is 4. The lowest BCUT2D eigenvalue weighted by molar-refractivity contribution is -0.135. The number of carbonyl (C=O) groups is 4. The number of alkyl carbamates (subject to hydrolysis) is 2. The van der Waals surface area contributed by atoms with Crippen molar-refractivity contribution in [1.29, 1.82) is 0 Å². The molecule has 3 aromatic heterocycles. The summed E-state index contributed by atoms with van der Waals surface area (Å²) in [6, 6.07) is 6.16. The first kappa shape index (κ1) is 39.2. The summed E-state index contributed by atoms with van der Waals surface area (Å²) in [7, 11) is 2.57. The molecule has 4 amide bonds. The summed E-state index contributed by atoms with van der Waals surface area (Å²) in [6.45, 7) is 8.71. The Labute approximate surface area is 322 Å². The maximum absolute atomic E-state index is 13.6. The lowest BCUT2D eigenvalue weighted by Crippen LogP contribution is -2.57. The van der Waals surface area contributed by atoms with Gasteiger partial charge in [-0.1, -0.05) is 52.0 Å². The van der Waals surface area contributed by atoms with Gasteiger partial charge in [0.25, 0.3) is 0 Å². The number of nitrogens with one attached hydrogen (secondary N) is 4. The van der Waals surface area contributed by atoms with E-state index in [4.69, 9.17) is 9.47 Å². The number of amides is 4. The second-order valence-corrected chi connectivity index (χ2v) is 16.2. The molecule has 2 aliphatic heterocycles. The van der Waals surface area contributed by atoms with E-state index in [1.807, 2.05) is 45.2 Å². The SMILES string of the molecule is COC(=O)N[C@@H](C(C)C)C(O)N1CCC[C@H]1C(=O)Nc1csc2c(-c3ccc(-c4cnc(C5CCCN5C(=O)[C@@H](NC(=O)OC)C(C)C)[nH]4)cc3)csc12. The number of thiophene rings is 2. The summed E-state index contributed by atoms with van der Waals surface area (Å²) >= 11 is 3.15. The summed E-state index contributed by atoms with van der Waals surface area (Å²) in [5.41, 5.74) is 4.65. The van der Waals surface area contributed by atoms with Crippen LogP contribution in [0.1, 0.15) is 65.2 Å². The van der Waals surface area contributed by atoms with Crippen LogP contribution < -0.4 is 16.0 Å². The summed E-state index contributed by atoms with van der Waals surface area (Å²) < 4.78 is 11.6. The van der Waals surface area contributed by atoms with Gasteiger partial charge in [0, 0.05) is 29.4 Å². The van der Waals surface area contributed by atoms with Crippen LogP contribution in [-0.4, -0.2) is 101 Å². The predicted octanol–water partition coefficient (Wildman–Crippen LogP) is 6.17. The van der Waals surface area contributed by atoms with Gasteiger partial charge >= 0.3 is 12.2 Å². The summed E-state index contributed by atoms with van der Waals surface area (Å²) in [6.07, 6.45) is 2.45. The Hall–Kier alpha value is -4.51. The van der Waals surface area contributed by atoms with Gasteiger partial charge in [-0.2, -0.15) is 0 Å². The lowest BCUT2D eigenvalue weighted by atomic mass is 10.0. The van der Waals surface area contributed by atoms with Crippen LogP contribution in [0.5, 0.6) is 0 Å². The molecule has 0 spiro atoms. The van der Waals surface area contributed by atoms with Crippen molar-refractivity contribution in [3.05, 3.63) is 47.0 Å². The molecule has 2 aliphatic rings. The summed E-state index contributed by atoms with van der Waals surface area (Å²) in [5.74, 6) is 0.173. The predicted molar refractivity (Wildman–Crippen MR) is 209 cm³/mol. The molecule has 4 aromatic rings. The Morgan fingerprint density at radius 1 is 0.889 bits per heavy atom. The minimum atomic E-state index is -1.05. The molecule has 0 aliphatic carbocycles. The first-order valence-electron chi connectivity index (χ1n) is 18.3. The number of hydrogen-bond donors (Lipinski definition) is 5. The number of hydrogen-bond acceptors (Lipinski definition) is 11. The fraction of sp³-hybridized carbons (Fsp3) is 0.500. The number of fused-ring (bicyclic) bond motifs is 1. The van der Waals surface area contributed by atoms with E-state index in [1.54, 1.807) is 38.7 Å². The number of imidazole rings is 1. The molecule has 2 unspecified atom stereocenters. The zero-order valence-electron chi connectivity index (χ0n) is 31.4. The fourth-order valence-corrected chi connectivity index (χ4v) is 9.69. The molecule has 6 rings (SSSR count). The van der Waals surface area contributed by atoms with Crippen molar-refractivity contribution in [2.75, 3.05) is 32.6 Å². The average Bonchev–Trinajstić information content (AvgIpc) is 4.01. The Morgan fingerprint density at radius 2 is 1.56 bits per heavy atom. The van der Waals surface area contributed by atoms with Gasteiger partial charge in [0.05, 0.1) is 59.3 Å². The standard InChI is InChI=1S/C38H49N7O7S2/c1-20(2)29(42-37(49)51-5)35(47)44-15-7-9-27(44)33-39-17-25(40-33)23-13-11-22(12-14-23)24-18-53-32-26(19-54-31(24)32)41-34(46)28-10-8-16-45(28)36(48)30(21(3)4)43-38(50)52-6/h11-14,17-21,27-30,36,48H,7-10,15-16H2,1-6H3,(H,39,40)(H,41,46)(H,42,49)(H,43,50)/t27?,28-,29-,30-,36?/m0/s1. The van der Waals surface area contributed by atoms with Crippen molar-refractivity contribution in [3.63, 3.8) is 0 Å². The van der Waals surface area contributed by atoms with Crippen LogP contribution in [0.2, 0.25) is 0 Å². The molecular weight excluding hydrogens is 731 g/mol. The summed E-state index contributed by atoms with van der Waals surface area (Å²) in [4.78, 5) is 62.7. The topological polar surface area (TPSA) is 178 Å². The molecule has 1 aromatic carbocycles. The Morgan fingerprint density at radius 3 is 2.24 bits per heavy atom. The molecule has 5 N–H and O–H groups in total. The maximum atomic E-state index is 13.6. The van der Waals surface area contributed by atoms with Gasteiger partial charge in [-0.25, -0.2) is 14.6 Å². The van der Waals surface area contributed by atoms with Crippen molar-refractivity contribution in [1.82, 2.24) is 30.4 Å². The third kappa shape index (κ3) is 8.11. The molecular formula is C38H49N7O7S2. The molecule has 0 radical (unpaired) electrons. The van der Waals surface area contributed by atoms with Crippen LogP contribution in [-0.2, 0) is 19.1 Å². The number of methoxy groups -OCH3 is 2. The van der Waals surface area contributed by atoms with Crippen molar-refractivity contribution in [3.8, 4) is 22.4 Å². The Kier molecular flexibility index (Phi) is 12.3. The zero-order valence-corrected chi connectivity index (χ0v) is 33.0. The van der Waals surface area contributed by atoms with E-state index >= 15 is 0 Å². The number of anilines is 1. The molecule has 0 bridgehead atoms. The van der Waals surface area contributed by atoms with E-state index in [1.165, 1.54) is 14.2 Å². The minimum Gasteiger partial charge on any atom is -0.453 e. The number of nitrogens with zero attached hydrogens (tertiary/aromatic N) is 3. The van der Waals surface area contributed by atoms with Gasteiger partial charge in [-0.3, -0.25) is 14.5 Å². The van der Waals surface area contributed by atoms with Crippen molar-refractivity contribution in [2.24, 2.45) is 11.8 Å². The zero-order chi connectivity index (χ0) is 38.7. The number of H-pyrrole nitrogens is 1. The quantitative estimate of drug-likeness (QED) is 0.113. The lowest BCUT2D eigenvalue weighted by Gasteiger charge is -2.35. The van der Waals surface area contributed by atoms with Crippen LogP contribution in [0.3, 0.4) is 0 Å². The fourth-order valence-electron chi connectivity index (χ4n) is 7.37. The van der Waals surface area contributed by atoms with Crippen molar-refractivity contribution in [2.45, 2.75) is 83.8 Å². The largest absolute Gasteiger partial charge is 0.453 e. The number of rotatable bonds is 12. The van der Waals surface area contributed by atoms with E-state index in [0.717, 1.165) is 56.7 Å². The van der Waals surface area contributed by atoms with Crippen LogP contribution in [0, 0.1) is 11.8 Å². The van der Waals surface area contributed by atoms with Gasteiger partial charge in [0.15, 0.2) is 0 Å². The Bertz CT molecular complexity index is 1960. The monoisotopic (exact) mass is 779 g/mol. The molecule has 5 atom stereocenters. The average molecular weight is 780 g/mol. The van der Waals surface area contributed by atoms with Crippen LogP contribution in [0.4, 0.5) is 15.3 Å². The number of aliphatic hydroxyl groups is 1. The first-order valence-corrected chi connectivity index (χ1v) is 20.1. The number of ether oxygens (including phenoxy) is 2. The second kappa shape index (κ2) is 16.9. The Balaban J connectivity index is 1.13. The van der Waals surface area contributed by atoms with Crippen molar-refractivity contribution >= 4 is 61.8 Å². The van der Waals surface area contributed by atoms with Gasteiger partial charge in [0.2, 0.25) is 11.8 Å². The molecule has 16 heteroatoms. The van der Waals surface area contributed by atoms with E-state index in [-0.39, 0.29) is 29.7 Å². The third-order valence-electron chi connectivity index (χ3n) is 10.3.